The van der Waals surface area contributed by atoms with Gasteiger partial charge >= 0.3 is 0 Å². The minimum atomic E-state index is 0.708. The van der Waals surface area contributed by atoms with Gasteiger partial charge in [-0.3, -0.25) is 4.99 Å². The molecule has 0 saturated carbocycles. The lowest BCUT2D eigenvalue weighted by molar-refractivity contribution is 0.794. The van der Waals surface area contributed by atoms with E-state index in [9.17, 15) is 0 Å². The van der Waals surface area contributed by atoms with Crippen molar-refractivity contribution in [1.82, 2.24) is 20.4 Å². The quantitative estimate of drug-likeness (QED) is 0.518. The summed E-state index contributed by atoms with van der Waals surface area (Å²) in [4.78, 5) is 4.27. The highest BCUT2D eigenvalue weighted by molar-refractivity contribution is 6.30. The van der Waals surface area contributed by atoms with Crippen LogP contribution in [0.4, 0.5) is 0 Å². The Morgan fingerprint density at radius 2 is 1.77 bits per heavy atom. The van der Waals surface area contributed by atoms with Gasteiger partial charge in [0.2, 0.25) is 0 Å². The van der Waals surface area contributed by atoms with E-state index in [0.717, 1.165) is 29.6 Å². The van der Waals surface area contributed by atoms with Crippen LogP contribution in [0.3, 0.4) is 0 Å². The van der Waals surface area contributed by atoms with Gasteiger partial charge in [0.1, 0.15) is 0 Å². The molecule has 0 spiro atoms. The summed E-state index contributed by atoms with van der Waals surface area (Å²) in [5.74, 6) is 0.787. The Balaban J connectivity index is 1.45. The van der Waals surface area contributed by atoms with E-state index < -0.39 is 0 Å². The van der Waals surface area contributed by atoms with Crippen LogP contribution in [0.1, 0.15) is 11.1 Å². The zero-order valence-electron chi connectivity index (χ0n) is 14.7. The zero-order valence-corrected chi connectivity index (χ0v) is 15.4. The van der Waals surface area contributed by atoms with Crippen LogP contribution < -0.4 is 10.6 Å². The molecule has 134 valence electrons. The molecule has 3 aromatic rings. The van der Waals surface area contributed by atoms with Gasteiger partial charge < -0.3 is 10.6 Å². The molecule has 26 heavy (non-hydrogen) atoms. The maximum atomic E-state index is 5.91. The fourth-order valence-corrected chi connectivity index (χ4v) is 2.70. The lowest BCUT2D eigenvalue weighted by Gasteiger charge is -2.12. The molecule has 0 atom stereocenters. The average molecular weight is 368 g/mol. The normalized spacial score (nSPS) is 11.4. The van der Waals surface area contributed by atoms with Gasteiger partial charge in [0.15, 0.2) is 5.96 Å². The fraction of sp³-hybridized carbons (Fsp3) is 0.200. The molecule has 0 aliphatic carbocycles. The molecule has 3 rings (SSSR count). The second kappa shape index (κ2) is 9.06. The Morgan fingerprint density at radius 1 is 1.04 bits per heavy atom. The lowest BCUT2D eigenvalue weighted by atomic mass is 10.1. The first-order valence-electron chi connectivity index (χ1n) is 8.52. The summed E-state index contributed by atoms with van der Waals surface area (Å²) in [6.07, 6.45) is 4.62. The second-order valence-corrected chi connectivity index (χ2v) is 6.28. The molecule has 0 unspecified atom stereocenters. The van der Waals surface area contributed by atoms with Crippen LogP contribution in [-0.2, 0) is 13.0 Å². The van der Waals surface area contributed by atoms with Crippen molar-refractivity contribution in [1.29, 1.82) is 0 Å². The van der Waals surface area contributed by atoms with Crippen LogP contribution in [-0.4, -0.2) is 29.3 Å². The van der Waals surface area contributed by atoms with E-state index in [2.05, 4.69) is 45.0 Å². The summed E-state index contributed by atoms with van der Waals surface area (Å²) in [7, 11) is 1.78. The average Bonchev–Trinajstić information content (AvgIpc) is 3.21. The van der Waals surface area contributed by atoms with E-state index in [1.54, 1.807) is 13.2 Å². The molecule has 0 aliphatic rings. The number of nitrogens with zero attached hydrogens (tertiary/aromatic N) is 3. The first kappa shape index (κ1) is 18.0. The Labute approximate surface area is 158 Å². The lowest BCUT2D eigenvalue weighted by Crippen LogP contribution is -2.37. The van der Waals surface area contributed by atoms with Crippen LogP contribution in [0.5, 0.6) is 0 Å². The van der Waals surface area contributed by atoms with Gasteiger partial charge in [-0.2, -0.15) is 5.10 Å². The molecular formula is C20H22ClN5. The Bertz CT molecular complexity index is 824. The largest absolute Gasteiger partial charge is 0.356 e. The van der Waals surface area contributed by atoms with Gasteiger partial charge in [-0.15, -0.1) is 0 Å². The number of benzene rings is 2. The highest BCUT2D eigenvalue weighted by atomic mass is 35.5. The van der Waals surface area contributed by atoms with Crippen molar-refractivity contribution in [3.8, 4) is 5.69 Å². The fourth-order valence-electron chi connectivity index (χ4n) is 2.57. The maximum Gasteiger partial charge on any atom is 0.191 e. The molecule has 6 heteroatoms. The van der Waals surface area contributed by atoms with Crippen molar-refractivity contribution in [2.45, 2.75) is 13.0 Å². The van der Waals surface area contributed by atoms with E-state index in [1.165, 1.54) is 11.1 Å². The van der Waals surface area contributed by atoms with Crippen LogP contribution in [0.15, 0.2) is 72.0 Å². The Morgan fingerprint density at radius 3 is 2.42 bits per heavy atom. The molecule has 0 fully saturated rings. The van der Waals surface area contributed by atoms with Gasteiger partial charge in [-0.25, -0.2) is 4.68 Å². The predicted molar refractivity (Wildman–Crippen MR) is 107 cm³/mol. The summed E-state index contributed by atoms with van der Waals surface area (Å²) in [6.45, 7) is 1.51. The molecule has 0 bridgehead atoms. The third-order valence-electron chi connectivity index (χ3n) is 4.01. The molecular weight excluding hydrogens is 346 g/mol. The van der Waals surface area contributed by atoms with Crippen molar-refractivity contribution >= 4 is 17.6 Å². The first-order valence-corrected chi connectivity index (χ1v) is 8.90. The summed E-state index contributed by atoms with van der Waals surface area (Å²) >= 11 is 5.91. The molecule has 0 amide bonds. The van der Waals surface area contributed by atoms with Gasteiger partial charge in [-0.1, -0.05) is 35.9 Å². The number of hydrogen-bond acceptors (Lipinski definition) is 2. The van der Waals surface area contributed by atoms with Gasteiger partial charge in [0.25, 0.3) is 0 Å². The number of halogens is 1. The molecule has 2 N–H and O–H groups in total. The molecule has 1 heterocycles. The van der Waals surface area contributed by atoms with Gasteiger partial charge in [-0.05, 0) is 47.9 Å². The number of nitrogens with one attached hydrogen (secondary N) is 2. The Kier molecular flexibility index (Phi) is 6.28. The number of guanidine groups is 1. The van der Waals surface area contributed by atoms with Crippen LogP contribution in [0.25, 0.3) is 5.69 Å². The minimum Gasteiger partial charge on any atom is -0.356 e. The van der Waals surface area contributed by atoms with Gasteiger partial charge in [0, 0.05) is 37.6 Å². The third kappa shape index (κ3) is 5.10. The highest BCUT2D eigenvalue weighted by Crippen LogP contribution is 2.10. The smallest absolute Gasteiger partial charge is 0.191 e. The number of aliphatic imine (C=N–C) groups is 1. The van der Waals surface area contributed by atoms with Crippen molar-refractivity contribution in [3.63, 3.8) is 0 Å². The van der Waals surface area contributed by atoms with E-state index in [0.29, 0.717) is 6.54 Å². The second-order valence-electron chi connectivity index (χ2n) is 5.85. The topological polar surface area (TPSA) is 54.2 Å². The summed E-state index contributed by atoms with van der Waals surface area (Å²) in [5, 5.41) is 11.7. The molecule has 0 radical (unpaired) electrons. The van der Waals surface area contributed by atoms with E-state index in [-0.39, 0.29) is 0 Å². The Hall–Kier alpha value is -2.79. The molecule has 0 saturated heterocycles. The highest BCUT2D eigenvalue weighted by Gasteiger charge is 2.01. The van der Waals surface area contributed by atoms with E-state index >= 15 is 0 Å². The summed E-state index contributed by atoms with van der Waals surface area (Å²) < 4.78 is 1.84. The predicted octanol–water partition coefficient (Wildman–Crippen LogP) is 3.43. The molecule has 1 aromatic heterocycles. The van der Waals surface area contributed by atoms with E-state index in [1.807, 2.05) is 41.2 Å². The van der Waals surface area contributed by atoms with Gasteiger partial charge in [0.05, 0.1) is 5.69 Å². The van der Waals surface area contributed by atoms with Crippen LogP contribution in [0, 0.1) is 0 Å². The van der Waals surface area contributed by atoms with Crippen molar-refractivity contribution in [2.75, 3.05) is 13.6 Å². The number of rotatable bonds is 6. The van der Waals surface area contributed by atoms with Crippen LogP contribution >= 0.6 is 11.6 Å². The minimum absolute atomic E-state index is 0.708. The summed E-state index contributed by atoms with van der Waals surface area (Å²) in [5.41, 5.74) is 3.47. The monoisotopic (exact) mass is 367 g/mol. The van der Waals surface area contributed by atoms with Crippen molar-refractivity contribution < 1.29 is 0 Å². The number of aromatic nitrogens is 2. The maximum absolute atomic E-state index is 5.91. The molecule has 2 aromatic carbocycles. The zero-order chi connectivity index (χ0) is 18.2. The van der Waals surface area contributed by atoms with E-state index in [4.69, 9.17) is 11.6 Å². The first-order chi connectivity index (χ1) is 12.7. The SMILES string of the molecule is CN=C(NCCc1ccc(Cl)cc1)NCc1ccc(-n2cccn2)cc1. The molecule has 5 nitrogen and oxygen atoms in total. The van der Waals surface area contributed by atoms with Crippen molar-refractivity contribution in [2.24, 2.45) is 4.99 Å². The standard InChI is InChI=1S/C20H22ClN5/c1-22-20(23-13-11-16-3-7-18(21)8-4-16)24-15-17-5-9-19(10-6-17)26-14-2-12-25-26/h2-10,12,14H,11,13,15H2,1H3,(H2,22,23,24). The summed E-state index contributed by atoms with van der Waals surface area (Å²) in [6, 6.07) is 18.1. The van der Waals surface area contributed by atoms with Crippen molar-refractivity contribution in [3.05, 3.63) is 83.1 Å². The van der Waals surface area contributed by atoms with Crippen LogP contribution in [0.2, 0.25) is 5.02 Å². The third-order valence-corrected chi connectivity index (χ3v) is 4.26. The molecule has 0 aliphatic heterocycles. The number of hydrogen-bond donors (Lipinski definition) is 2.